The number of pyridine rings is 1. The average molecular weight is 233 g/mol. The van der Waals surface area contributed by atoms with Crippen LogP contribution in [0.3, 0.4) is 0 Å². The smallest absolute Gasteiger partial charge is 0.102 e. The zero-order valence-corrected chi connectivity index (χ0v) is 9.74. The SMILES string of the molecule is C(#Cc1cncc2ccccc12)Cn1cccn1. The molecule has 0 spiro atoms. The van der Waals surface area contributed by atoms with Crippen LogP contribution >= 0.6 is 0 Å². The Kier molecular flexibility index (Phi) is 2.77. The lowest BCUT2D eigenvalue weighted by molar-refractivity contribution is 0.715. The highest BCUT2D eigenvalue weighted by atomic mass is 15.3. The van der Waals surface area contributed by atoms with Gasteiger partial charge >= 0.3 is 0 Å². The van der Waals surface area contributed by atoms with Crippen molar-refractivity contribution < 1.29 is 0 Å². The highest BCUT2D eigenvalue weighted by Gasteiger charge is 1.96. The minimum atomic E-state index is 0.593. The maximum absolute atomic E-state index is 4.20. The summed E-state index contributed by atoms with van der Waals surface area (Å²) >= 11 is 0. The third-order valence-electron chi connectivity index (χ3n) is 2.69. The van der Waals surface area contributed by atoms with E-state index in [9.17, 15) is 0 Å². The molecule has 3 nitrogen and oxygen atoms in total. The standard InChI is InChI=1S/C15H11N3/c1-2-7-15-13(5-1)11-16-12-14(15)6-3-9-18-10-4-8-17-18/h1-2,4-5,7-8,10-12H,9H2. The highest BCUT2D eigenvalue weighted by molar-refractivity contribution is 5.87. The highest BCUT2D eigenvalue weighted by Crippen LogP contribution is 2.15. The van der Waals surface area contributed by atoms with Gasteiger partial charge in [-0.2, -0.15) is 5.10 Å². The topological polar surface area (TPSA) is 30.7 Å². The Bertz CT molecular complexity index is 713. The molecule has 3 aromatic rings. The minimum absolute atomic E-state index is 0.593. The fourth-order valence-electron chi connectivity index (χ4n) is 1.83. The predicted octanol–water partition coefficient (Wildman–Crippen LogP) is 2.48. The summed E-state index contributed by atoms with van der Waals surface area (Å²) in [4.78, 5) is 4.20. The van der Waals surface area contributed by atoms with E-state index in [0.29, 0.717) is 6.54 Å². The molecule has 3 heteroatoms. The second-order valence-electron chi connectivity index (χ2n) is 3.91. The molecule has 0 bridgehead atoms. The molecule has 0 aliphatic rings. The molecular formula is C15H11N3. The van der Waals surface area contributed by atoms with Gasteiger partial charge in [-0.1, -0.05) is 36.1 Å². The van der Waals surface area contributed by atoms with E-state index in [-0.39, 0.29) is 0 Å². The Balaban J connectivity index is 1.93. The van der Waals surface area contributed by atoms with Crippen molar-refractivity contribution in [2.24, 2.45) is 0 Å². The van der Waals surface area contributed by atoms with Crippen molar-refractivity contribution in [3.05, 3.63) is 60.7 Å². The molecule has 2 aromatic heterocycles. The summed E-state index contributed by atoms with van der Waals surface area (Å²) in [6.07, 6.45) is 7.31. The Morgan fingerprint density at radius 3 is 2.94 bits per heavy atom. The second-order valence-corrected chi connectivity index (χ2v) is 3.91. The van der Waals surface area contributed by atoms with Gasteiger partial charge in [0.05, 0.1) is 5.56 Å². The fourth-order valence-corrected chi connectivity index (χ4v) is 1.83. The van der Waals surface area contributed by atoms with Crippen LogP contribution in [0.1, 0.15) is 5.56 Å². The quantitative estimate of drug-likeness (QED) is 0.604. The van der Waals surface area contributed by atoms with E-state index in [1.807, 2.05) is 36.7 Å². The van der Waals surface area contributed by atoms with Gasteiger partial charge in [0.25, 0.3) is 0 Å². The lowest BCUT2D eigenvalue weighted by atomic mass is 10.1. The molecule has 86 valence electrons. The molecule has 0 unspecified atom stereocenters. The molecular weight excluding hydrogens is 222 g/mol. The Morgan fingerprint density at radius 1 is 1.11 bits per heavy atom. The molecule has 0 N–H and O–H groups in total. The van der Waals surface area contributed by atoms with Crippen LogP contribution in [0.15, 0.2) is 55.1 Å². The lowest BCUT2D eigenvalue weighted by Crippen LogP contribution is -1.94. The first-order chi connectivity index (χ1) is 8.93. The summed E-state index contributed by atoms with van der Waals surface area (Å²) < 4.78 is 1.80. The average Bonchev–Trinajstić information content (AvgIpc) is 2.92. The molecule has 0 aliphatic carbocycles. The first-order valence-corrected chi connectivity index (χ1v) is 5.72. The van der Waals surface area contributed by atoms with E-state index < -0.39 is 0 Å². The first-order valence-electron chi connectivity index (χ1n) is 5.72. The van der Waals surface area contributed by atoms with E-state index in [0.717, 1.165) is 16.3 Å². The van der Waals surface area contributed by atoms with Gasteiger partial charge in [-0.15, -0.1) is 0 Å². The van der Waals surface area contributed by atoms with Gasteiger partial charge in [-0.05, 0) is 6.07 Å². The van der Waals surface area contributed by atoms with Crippen LogP contribution in [0.25, 0.3) is 10.8 Å². The minimum Gasteiger partial charge on any atom is -0.263 e. The van der Waals surface area contributed by atoms with Gasteiger partial charge < -0.3 is 0 Å². The van der Waals surface area contributed by atoms with Crippen molar-refractivity contribution in [1.29, 1.82) is 0 Å². The maximum Gasteiger partial charge on any atom is 0.102 e. The zero-order chi connectivity index (χ0) is 12.2. The first kappa shape index (κ1) is 10.5. The van der Waals surface area contributed by atoms with E-state index in [1.165, 1.54) is 0 Å². The van der Waals surface area contributed by atoms with Crippen LogP contribution in [0.4, 0.5) is 0 Å². The normalized spacial score (nSPS) is 10.0. The van der Waals surface area contributed by atoms with Crippen LogP contribution in [-0.4, -0.2) is 14.8 Å². The van der Waals surface area contributed by atoms with E-state index >= 15 is 0 Å². The van der Waals surface area contributed by atoms with Gasteiger partial charge in [0.2, 0.25) is 0 Å². The third kappa shape index (κ3) is 2.09. The maximum atomic E-state index is 4.20. The van der Waals surface area contributed by atoms with E-state index in [1.54, 1.807) is 17.1 Å². The number of hydrogen-bond acceptors (Lipinski definition) is 2. The number of fused-ring (bicyclic) bond motifs is 1. The molecule has 0 fully saturated rings. The molecule has 1 aromatic carbocycles. The largest absolute Gasteiger partial charge is 0.263 e. The molecule has 0 saturated carbocycles. The summed E-state index contributed by atoms with van der Waals surface area (Å²) in [5.74, 6) is 6.26. The second kappa shape index (κ2) is 4.72. The molecule has 2 heterocycles. The van der Waals surface area contributed by atoms with Gasteiger partial charge in [0, 0.05) is 35.6 Å². The summed E-state index contributed by atoms with van der Waals surface area (Å²) in [5, 5.41) is 6.36. The number of benzene rings is 1. The van der Waals surface area contributed by atoms with E-state index in [2.05, 4.69) is 28.0 Å². The van der Waals surface area contributed by atoms with Crippen molar-refractivity contribution in [3.8, 4) is 11.8 Å². The summed E-state index contributed by atoms with van der Waals surface area (Å²) in [5.41, 5.74) is 0.959. The summed E-state index contributed by atoms with van der Waals surface area (Å²) in [6.45, 7) is 0.593. The molecule has 0 radical (unpaired) electrons. The Labute approximate surface area is 105 Å². The predicted molar refractivity (Wildman–Crippen MR) is 70.8 cm³/mol. The monoisotopic (exact) mass is 233 g/mol. The van der Waals surface area contributed by atoms with Gasteiger partial charge in [-0.3, -0.25) is 9.67 Å². The van der Waals surface area contributed by atoms with Crippen LogP contribution in [0, 0.1) is 11.8 Å². The van der Waals surface area contributed by atoms with Gasteiger partial charge in [-0.25, -0.2) is 0 Å². The molecule has 18 heavy (non-hydrogen) atoms. The van der Waals surface area contributed by atoms with Crippen molar-refractivity contribution in [2.45, 2.75) is 6.54 Å². The number of hydrogen-bond donors (Lipinski definition) is 0. The van der Waals surface area contributed by atoms with Crippen molar-refractivity contribution in [3.63, 3.8) is 0 Å². The lowest BCUT2D eigenvalue weighted by Gasteiger charge is -1.98. The molecule has 3 rings (SSSR count). The van der Waals surface area contributed by atoms with Gasteiger partial charge in [0.15, 0.2) is 0 Å². The number of aromatic nitrogens is 3. The van der Waals surface area contributed by atoms with Crippen LogP contribution in [0.5, 0.6) is 0 Å². The van der Waals surface area contributed by atoms with Crippen molar-refractivity contribution in [2.75, 3.05) is 0 Å². The molecule has 0 atom stereocenters. The molecule has 0 amide bonds. The van der Waals surface area contributed by atoms with E-state index in [4.69, 9.17) is 0 Å². The Morgan fingerprint density at radius 2 is 2.06 bits per heavy atom. The molecule has 0 saturated heterocycles. The van der Waals surface area contributed by atoms with Crippen molar-refractivity contribution >= 4 is 10.8 Å². The third-order valence-corrected chi connectivity index (χ3v) is 2.69. The van der Waals surface area contributed by atoms with Crippen LogP contribution in [-0.2, 0) is 6.54 Å². The molecule has 0 aliphatic heterocycles. The van der Waals surface area contributed by atoms with Gasteiger partial charge in [0.1, 0.15) is 6.54 Å². The van der Waals surface area contributed by atoms with Crippen LogP contribution < -0.4 is 0 Å². The number of nitrogens with zero attached hydrogens (tertiary/aromatic N) is 3. The summed E-state index contributed by atoms with van der Waals surface area (Å²) in [7, 11) is 0. The summed E-state index contributed by atoms with van der Waals surface area (Å²) in [6, 6.07) is 10.0. The number of rotatable bonds is 1. The fraction of sp³-hybridized carbons (Fsp3) is 0.0667. The van der Waals surface area contributed by atoms with Crippen molar-refractivity contribution in [1.82, 2.24) is 14.8 Å². The zero-order valence-electron chi connectivity index (χ0n) is 9.74. The Hall–Kier alpha value is -2.60. The van der Waals surface area contributed by atoms with Crippen LogP contribution in [0.2, 0.25) is 0 Å².